The van der Waals surface area contributed by atoms with Crippen LogP contribution in [0.4, 0.5) is 15.8 Å². The fourth-order valence-electron chi connectivity index (χ4n) is 3.65. The van der Waals surface area contributed by atoms with E-state index in [2.05, 4.69) is 11.4 Å². The number of rotatable bonds is 3. The summed E-state index contributed by atoms with van der Waals surface area (Å²) in [5, 5.41) is 2.94. The molecule has 4 nitrogen and oxygen atoms in total. The molecule has 4 rings (SSSR count). The lowest BCUT2D eigenvalue weighted by Crippen LogP contribution is -2.28. The molecule has 2 aromatic carbocycles. The van der Waals surface area contributed by atoms with Crippen molar-refractivity contribution in [1.82, 2.24) is 0 Å². The third-order valence-electron chi connectivity index (χ3n) is 5.00. The number of halogens is 1. The van der Waals surface area contributed by atoms with Gasteiger partial charge in [-0.2, -0.15) is 0 Å². The zero-order chi connectivity index (χ0) is 17.4. The van der Waals surface area contributed by atoms with Crippen molar-refractivity contribution in [2.75, 3.05) is 16.8 Å². The van der Waals surface area contributed by atoms with Crippen LogP contribution >= 0.6 is 0 Å². The number of anilines is 2. The molecule has 0 unspecified atom stereocenters. The van der Waals surface area contributed by atoms with Gasteiger partial charge in [0.1, 0.15) is 5.82 Å². The lowest BCUT2D eigenvalue weighted by molar-refractivity contribution is -0.122. The Balaban J connectivity index is 1.44. The summed E-state index contributed by atoms with van der Waals surface area (Å²) in [6, 6.07) is 11.8. The molecule has 5 heteroatoms. The first-order valence-corrected chi connectivity index (χ1v) is 8.59. The van der Waals surface area contributed by atoms with Crippen LogP contribution < -0.4 is 10.2 Å². The number of amides is 2. The van der Waals surface area contributed by atoms with Gasteiger partial charge >= 0.3 is 0 Å². The van der Waals surface area contributed by atoms with Crippen molar-refractivity contribution in [1.29, 1.82) is 0 Å². The molecule has 1 N–H and O–H groups in total. The summed E-state index contributed by atoms with van der Waals surface area (Å²) < 4.78 is 13.0. The Morgan fingerprint density at radius 1 is 1.08 bits per heavy atom. The van der Waals surface area contributed by atoms with E-state index in [0.717, 1.165) is 24.9 Å². The fraction of sp³-hybridized carbons (Fsp3) is 0.300. The third kappa shape index (κ3) is 3.14. The summed E-state index contributed by atoms with van der Waals surface area (Å²) in [4.78, 5) is 26.3. The molecule has 25 heavy (non-hydrogen) atoms. The van der Waals surface area contributed by atoms with E-state index in [4.69, 9.17) is 0 Å². The summed E-state index contributed by atoms with van der Waals surface area (Å²) in [6.07, 6.45) is 3.50. The van der Waals surface area contributed by atoms with E-state index < -0.39 is 5.92 Å². The van der Waals surface area contributed by atoms with Gasteiger partial charge in [-0.3, -0.25) is 9.59 Å². The number of hydrogen-bond acceptors (Lipinski definition) is 2. The molecule has 0 radical (unpaired) electrons. The molecule has 1 aliphatic heterocycles. The Labute approximate surface area is 145 Å². The smallest absolute Gasteiger partial charge is 0.229 e. The highest BCUT2D eigenvalue weighted by atomic mass is 19.1. The number of carbonyl (C=O) groups excluding carboxylic acids is 2. The van der Waals surface area contributed by atoms with Crippen LogP contribution in [0.2, 0.25) is 0 Å². The maximum Gasteiger partial charge on any atom is 0.229 e. The maximum absolute atomic E-state index is 13.0. The first kappa shape index (κ1) is 15.8. The molecule has 0 bridgehead atoms. The molecule has 1 saturated heterocycles. The summed E-state index contributed by atoms with van der Waals surface area (Å²) in [5.74, 6) is -0.997. The van der Waals surface area contributed by atoms with Crippen molar-refractivity contribution < 1.29 is 14.0 Å². The van der Waals surface area contributed by atoms with E-state index in [1.165, 1.54) is 23.3 Å². The molecule has 128 valence electrons. The van der Waals surface area contributed by atoms with Crippen LogP contribution in [0, 0.1) is 11.7 Å². The molecule has 1 atom stereocenters. The highest BCUT2D eigenvalue weighted by Gasteiger charge is 2.35. The van der Waals surface area contributed by atoms with E-state index in [1.54, 1.807) is 17.0 Å². The number of nitrogens with zero attached hydrogens (tertiary/aromatic N) is 1. The number of nitrogens with one attached hydrogen (secondary N) is 1. The molecule has 1 heterocycles. The second kappa shape index (κ2) is 6.31. The van der Waals surface area contributed by atoms with E-state index in [1.807, 2.05) is 12.1 Å². The molecule has 2 amide bonds. The van der Waals surface area contributed by atoms with Gasteiger partial charge in [-0.1, -0.05) is 6.07 Å². The summed E-state index contributed by atoms with van der Waals surface area (Å²) in [6.45, 7) is 0.321. The Morgan fingerprint density at radius 3 is 2.64 bits per heavy atom. The predicted octanol–water partition coefficient (Wildman–Crippen LogP) is 3.31. The normalized spacial score (nSPS) is 19.2. The molecule has 0 saturated carbocycles. The number of aryl methyl sites for hydroxylation is 2. The lowest BCUT2D eigenvalue weighted by atomic mass is 10.1. The lowest BCUT2D eigenvalue weighted by Gasteiger charge is -2.16. The zero-order valence-electron chi connectivity index (χ0n) is 13.8. The number of hydrogen-bond donors (Lipinski definition) is 1. The van der Waals surface area contributed by atoms with Crippen LogP contribution in [0.3, 0.4) is 0 Å². The zero-order valence-corrected chi connectivity index (χ0v) is 13.8. The van der Waals surface area contributed by atoms with E-state index in [0.29, 0.717) is 12.2 Å². The van der Waals surface area contributed by atoms with E-state index in [9.17, 15) is 14.0 Å². The fourth-order valence-corrected chi connectivity index (χ4v) is 3.65. The minimum Gasteiger partial charge on any atom is -0.326 e. The van der Waals surface area contributed by atoms with E-state index >= 15 is 0 Å². The maximum atomic E-state index is 13.0. The summed E-state index contributed by atoms with van der Waals surface area (Å²) in [5.41, 5.74) is 4.07. The van der Waals surface area contributed by atoms with Crippen LogP contribution in [-0.4, -0.2) is 18.4 Å². The molecule has 2 aromatic rings. The number of fused-ring (bicyclic) bond motifs is 1. The summed E-state index contributed by atoms with van der Waals surface area (Å²) >= 11 is 0. The first-order chi connectivity index (χ1) is 12.1. The minimum absolute atomic E-state index is 0.110. The average molecular weight is 338 g/mol. The molecular weight excluding hydrogens is 319 g/mol. The summed E-state index contributed by atoms with van der Waals surface area (Å²) in [7, 11) is 0. The highest BCUT2D eigenvalue weighted by molar-refractivity contribution is 6.03. The Kier molecular flexibility index (Phi) is 3.99. The SMILES string of the molecule is O=C(Nc1ccc2c(c1)CCC2)[C@H]1CC(=O)N(c2ccc(F)cc2)C1. The van der Waals surface area contributed by atoms with Gasteiger partial charge in [-0.15, -0.1) is 0 Å². The van der Waals surface area contributed by atoms with Gasteiger partial charge in [0.25, 0.3) is 0 Å². The number of carbonyl (C=O) groups is 2. The van der Waals surface area contributed by atoms with Gasteiger partial charge in [0.05, 0.1) is 5.92 Å². The van der Waals surface area contributed by atoms with Crippen LogP contribution in [0.5, 0.6) is 0 Å². The standard InChI is InChI=1S/C20H19FN2O2/c21-16-5-8-18(9-6-16)23-12-15(11-19(23)24)20(25)22-17-7-4-13-2-1-3-14(13)10-17/h4-10,15H,1-3,11-12H2,(H,22,25)/t15-/m0/s1. The van der Waals surface area contributed by atoms with Gasteiger partial charge < -0.3 is 10.2 Å². The van der Waals surface area contributed by atoms with Crippen molar-refractivity contribution in [3.05, 3.63) is 59.4 Å². The minimum atomic E-state index is -0.397. The van der Waals surface area contributed by atoms with Crippen molar-refractivity contribution in [2.45, 2.75) is 25.7 Å². The predicted molar refractivity (Wildman–Crippen MR) is 94.0 cm³/mol. The molecule has 2 aliphatic rings. The van der Waals surface area contributed by atoms with Gasteiger partial charge in [0.2, 0.25) is 11.8 Å². The van der Waals surface area contributed by atoms with Crippen molar-refractivity contribution >= 4 is 23.2 Å². The quantitative estimate of drug-likeness (QED) is 0.933. The number of benzene rings is 2. The second-order valence-electron chi connectivity index (χ2n) is 6.71. The topological polar surface area (TPSA) is 49.4 Å². The van der Waals surface area contributed by atoms with E-state index in [-0.39, 0.29) is 24.1 Å². The van der Waals surface area contributed by atoms with Crippen molar-refractivity contribution in [3.63, 3.8) is 0 Å². The Hall–Kier alpha value is -2.69. The Morgan fingerprint density at radius 2 is 1.84 bits per heavy atom. The molecular formula is C20H19FN2O2. The third-order valence-corrected chi connectivity index (χ3v) is 5.00. The van der Waals surface area contributed by atoms with Crippen molar-refractivity contribution in [2.24, 2.45) is 5.92 Å². The average Bonchev–Trinajstić information content (AvgIpc) is 3.22. The molecule has 1 aliphatic carbocycles. The van der Waals surface area contributed by atoms with Crippen LogP contribution in [0.1, 0.15) is 24.0 Å². The first-order valence-electron chi connectivity index (χ1n) is 8.59. The van der Waals surface area contributed by atoms with Gasteiger partial charge in [-0.25, -0.2) is 4.39 Å². The Bertz CT molecular complexity index is 832. The molecule has 0 spiro atoms. The molecule has 0 aromatic heterocycles. The highest BCUT2D eigenvalue weighted by Crippen LogP contribution is 2.28. The van der Waals surface area contributed by atoms with Gasteiger partial charge in [0.15, 0.2) is 0 Å². The monoisotopic (exact) mass is 338 g/mol. The van der Waals surface area contributed by atoms with Crippen molar-refractivity contribution in [3.8, 4) is 0 Å². The molecule has 1 fully saturated rings. The second-order valence-corrected chi connectivity index (χ2v) is 6.71. The largest absolute Gasteiger partial charge is 0.326 e. The van der Waals surface area contributed by atoms with Crippen LogP contribution in [0.25, 0.3) is 0 Å². The van der Waals surface area contributed by atoms with Gasteiger partial charge in [-0.05, 0) is 66.8 Å². The van der Waals surface area contributed by atoms with Crippen LogP contribution in [-0.2, 0) is 22.4 Å². The van der Waals surface area contributed by atoms with Gasteiger partial charge in [0, 0.05) is 24.3 Å². The van der Waals surface area contributed by atoms with Crippen LogP contribution in [0.15, 0.2) is 42.5 Å².